The number of halogens is 2. The zero-order chi connectivity index (χ0) is 15.6. The van der Waals surface area contributed by atoms with Gasteiger partial charge in [0.25, 0.3) is 0 Å². The van der Waals surface area contributed by atoms with Crippen molar-refractivity contribution in [1.29, 1.82) is 0 Å². The first-order valence-electron chi connectivity index (χ1n) is 6.87. The van der Waals surface area contributed by atoms with Crippen molar-refractivity contribution in [2.75, 3.05) is 20.2 Å². The quantitative estimate of drug-likeness (QED) is 0.916. The lowest BCUT2D eigenvalue weighted by Crippen LogP contribution is -2.42. The molecule has 6 heteroatoms. The van der Waals surface area contributed by atoms with Crippen molar-refractivity contribution in [3.8, 4) is 5.75 Å². The number of likely N-dealkylation sites (tertiary alicyclic amines) is 1. The van der Waals surface area contributed by atoms with Crippen LogP contribution in [0.1, 0.15) is 18.9 Å². The minimum Gasteiger partial charge on any atom is -0.495 e. The molecule has 2 atom stereocenters. The zero-order valence-corrected chi connectivity index (χ0v) is 13.6. The van der Waals surface area contributed by atoms with Gasteiger partial charge in [0.2, 0.25) is 0 Å². The molecule has 0 aliphatic carbocycles. The summed E-state index contributed by atoms with van der Waals surface area (Å²) in [5.74, 6) is -0.153. The molecule has 1 saturated heterocycles. The number of nitrogens with zero attached hydrogens (tertiary/aromatic N) is 1. The van der Waals surface area contributed by atoms with Crippen LogP contribution in [0.3, 0.4) is 0 Å². The molecule has 0 amide bonds. The van der Waals surface area contributed by atoms with Crippen molar-refractivity contribution in [2.45, 2.75) is 19.9 Å². The highest BCUT2D eigenvalue weighted by Crippen LogP contribution is 2.32. The van der Waals surface area contributed by atoms with Gasteiger partial charge in [-0.15, -0.1) is 0 Å². The van der Waals surface area contributed by atoms with E-state index in [4.69, 9.17) is 27.9 Å². The molecular formula is C15H19Cl2NO3. The maximum absolute atomic E-state index is 11.2. The van der Waals surface area contributed by atoms with E-state index in [1.807, 2.05) is 0 Å². The first-order chi connectivity index (χ1) is 9.90. The van der Waals surface area contributed by atoms with E-state index < -0.39 is 5.97 Å². The third-order valence-corrected chi connectivity index (χ3v) is 4.45. The maximum atomic E-state index is 11.2. The molecule has 0 bridgehead atoms. The van der Waals surface area contributed by atoms with Crippen LogP contribution in [0.15, 0.2) is 12.1 Å². The number of aliphatic carboxylic acids is 1. The summed E-state index contributed by atoms with van der Waals surface area (Å²) in [5, 5.41) is 10.3. The van der Waals surface area contributed by atoms with Crippen LogP contribution in [0, 0.1) is 11.8 Å². The molecule has 1 aliphatic rings. The second kappa shape index (κ2) is 6.86. The van der Waals surface area contributed by atoms with Crippen LogP contribution in [0.2, 0.25) is 10.0 Å². The first kappa shape index (κ1) is 16.4. The Morgan fingerprint density at radius 2 is 2.10 bits per heavy atom. The molecule has 1 aliphatic heterocycles. The molecule has 1 aromatic rings. The highest BCUT2D eigenvalue weighted by Gasteiger charge is 2.29. The molecule has 116 valence electrons. The van der Waals surface area contributed by atoms with Gasteiger partial charge in [0.1, 0.15) is 5.75 Å². The van der Waals surface area contributed by atoms with E-state index in [-0.39, 0.29) is 5.92 Å². The van der Waals surface area contributed by atoms with E-state index in [0.29, 0.717) is 34.8 Å². The molecule has 0 saturated carbocycles. The van der Waals surface area contributed by atoms with Gasteiger partial charge in [-0.3, -0.25) is 9.69 Å². The fraction of sp³-hybridized carbons (Fsp3) is 0.533. The second-order valence-corrected chi connectivity index (χ2v) is 6.46. The summed E-state index contributed by atoms with van der Waals surface area (Å²) in [5.41, 5.74) is 0.890. The average molecular weight is 332 g/mol. The number of methoxy groups -OCH3 is 1. The lowest BCUT2D eigenvalue weighted by molar-refractivity contribution is -0.144. The molecular weight excluding hydrogens is 313 g/mol. The van der Waals surface area contributed by atoms with Crippen molar-refractivity contribution < 1.29 is 14.6 Å². The number of hydrogen-bond donors (Lipinski definition) is 1. The Bertz CT molecular complexity index is 536. The molecule has 0 radical (unpaired) electrons. The standard InChI is InChI=1S/C15H19Cl2NO3/c1-9-3-11(15(19)20)8-18(6-9)7-10-4-13(17)14(21-2)5-12(10)16/h4-5,9,11H,3,6-8H2,1-2H3,(H,19,20). The largest absolute Gasteiger partial charge is 0.495 e. The SMILES string of the molecule is COc1cc(Cl)c(CN2CC(C)CC(C(=O)O)C2)cc1Cl. The summed E-state index contributed by atoms with van der Waals surface area (Å²) in [6, 6.07) is 3.49. The van der Waals surface area contributed by atoms with Crippen LogP contribution < -0.4 is 4.74 Å². The van der Waals surface area contributed by atoms with Gasteiger partial charge in [-0.1, -0.05) is 30.1 Å². The van der Waals surface area contributed by atoms with Gasteiger partial charge >= 0.3 is 5.97 Å². The summed E-state index contributed by atoms with van der Waals surface area (Å²) in [6.45, 7) is 4.07. The van der Waals surface area contributed by atoms with E-state index in [1.54, 1.807) is 19.2 Å². The Labute approximate surface area is 134 Å². The van der Waals surface area contributed by atoms with Crippen LogP contribution in [0.4, 0.5) is 0 Å². The van der Waals surface area contributed by atoms with Crippen molar-refractivity contribution >= 4 is 29.2 Å². The van der Waals surface area contributed by atoms with Crippen LogP contribution >= 0.6 is 23.2 Å². The van der Waals surface area contributed by atoms with Gasteiger partial charge in [0.15, 0.2) is 0 Å². The minimum atomic E-state index is -0.731. The normalized spacial score (nSPS) is 23.0. The van der Waals surface area contributed by atoms with Crippen LogP contribution in [-0.4, -0.2) is 36.2 Å². The number of carboxylic acids is 1. The molecule has 0 spiro atoms. The molecule has 1 fully saturated rings. The summed E-state index contributed by atoms with van der Waals surface area (Å²) in [7, 11) is 1.54. The van der Waals surface area contributed by atoms with Crippen LogP contribution in [0.25, 0.3) is 0 Å². The third-order valence-electron chi connectivity index (χ3n) is 3.80. The van der Waals surface area contributed by atoms with Crippen molar-refractivity contribution in [2.24, 2.45) is 11.8 Å². The van der Waals surface area contributed by atoms with Crippen molar-refractivity contribution in [3.05, 3.63) is 27.7 Å². The number of ether oxygens (including phenoxy) is 1. The highest BCUT2D eigenvalue weighted by atomic mass is 35.5. The van der Waals surface area contributed by atoms with Gasteiger partial charge in [0.05, 0.1) is 18.1 Å². The Kier molecular flexibility index (Phi) is 5.36. The Hall–Kier alpha value is -0.970. The van der Waals surface area contributed by atoms with Crippen LogP contribution in [-0.2, 0) is 11.3 Å². The Morgan fingerprint density at radius 1 is 1.38 bits per heavy atom. The highest BCUT2D eigenvalue weighted by molar-refractivity contribution is 6.34. The molecule has 1 heterocycles. The fourth-order valence-corrected chi connectivity index (χ4v) is 3.33. The minimum absolute atomic E-state index is 0.318. The van der Waals surface area contributed by atoms with Gasteiger partial charge in [-0.25, -0.2) is 0 Å². The molecule has 4 nitrogen and oxygen atoms in total. The molecule has 1 N–H and O–H groups in total. The first-order valence-corrected chi connectivity index (χ1v) is 7.63. The molecule has 21 heavy (non-hydrogen) atoms. The number of carboxylic acid groups (broad SMARTS) is 1. The lowest BCUT2D eigenvalue weighted by atomic mass is 9.90. The van der Waals surface area contributed by atoms with Crippen LogP contribution in [0.5, 0.6) is 5.75 Å². The fourth-order valence-electron chi connectivity index (χ4n) is 2.86. The number of benzene rings is 1. The topological polar surface area (TPSA) is 49.8 Å². The maximum Gasteiger partial charge on any atom is 0.307 e. The van der Waals surface area contributed by atoms with E-state index >= 15 is 0 Å². The summed E-state index contributed by atoms with van der Waals surface area (Å²) in [6.07, 6.45) is 0.725. The monoisotopic (exact) mass is 331 g/mol. The number of piperidine rings is 1. The van der Waals surface area contributed by atoms with E-state index in [0.717, 1.165) is 18.5 Å². The zero-order valence-electron chi connectivity index (χ0n) is 12.1. The summed E-state index contributed by atoms with van der Waals surface area (Å²) in [4.78, 5) is 13.3. The van der Waals surface area contributed by atoms with E-state index in [1.165, 1.54) is 0 Å². The summed E-state index contributed by atoms with van der Waals surface area (Å²) < 4.78 is 5.13. The van der Waals surface area contributed by atoms with E-state index in [2.05, 4.69) is 11.8 Å². The molecule has 2 rings (SSSR count). The lowest BCUT2D eigenvalue weighted by Gasteiger charge is -2.34. The molecule has 2 unspecified atom stereocenters. The number of hydrogen-bond acceptors (Lipinski definition) is 3. The predicted molar refractivity (Wildman–Crippen MR) is 83.2 cm³/mol. The smallest absolute Gasteiger partial charge is 0.307 e. The van der Waals surface area contributed by atoms with Gasteiger partial charge in [-0.2, -0.15) is 0 Å². The van der Waals surface area contributed by atoms with Crippen molar-refractivity contribution in [1.82, 2.24) is 4.90 Å². The van der Waals surface area contributed by atoms with Gasteiger partial charge in [0, 0.05) is 30.7 Å². The third kappa shape index (κ3) is 4.02. The summed E-state index contributed by atoms with van der Waals surface area (Å²) >= 11 is 12.4. The molecule has 1 aromatic carbocycles. The predicted octanol–water partition coefficient (Wildman–Crippen LogP) is 3.54. The molecule has 0 aromatic heterocycles. The number of carbonyl (C=O) groups is 1. The Balaban J connectivity index is 2.14. The van der Waals surface area contributed by atoms with E-state index in [9.17, 15) is 9.90 Å². The van der Waals surface area contributed by atoms with Crippen molar-refractivity contribution in [3.63, 3.8) is 0 Å². The van der Waals surface area contributed by atoms with Gasteiger partial charge in [-0.05, 0) is 24.0 Å². The average Bonchev–Trinajstić information content (AvgIpc) is 2.41. The second-order valence-electron chi connectivity index (χ2n) is 5.65. The van der Waals surface area contributed by atoms with Gasteiger partial charge < -0.3 is 9.84 Å². The Morgan fingerprint density at radius 3 is 2.71 bits per heavy atom. The number of rotatable bonds is 4.